The van der Waals surface area contributed by atoms with Crippen LogP contribution in [0.4, 0.5) is 11.4 Å². The molecule has 0 atom stereocenters. The van der Waals surface area contributed by atoms with Gasteiger partial charge >= 0.3 is 0 Å². The number of carbonyl (C=O) groups is 1. The molecule has 0 aliphatic heterocycles. The van der Waals surface area contributed by atoms with Crippen LogP contribution in [0.1, 0.15) is 30.6 Å². The second-order valence-corrected chi connectivity index (χ2v) is 8.47. The second kappa shape index (κ2) is 10.4. The first-order valence-electron chi connectivity index (χ1n) is 9.24. The highest BCUT2D eigenvalue weighted by molar-refractivity contribution is 7.92. The third-order valence-electron chi connectivity index (χ3n) is 3.78. The number of benzene rings is 2. The van der Waals surface area contributed by atoms with Crippen LogP contribution < -0.4 is 24.2 Å². The van der Waals surface area contributed by atoms with Crippen molar-refractivity contribution in [3.63, 3.8) is 0 Å². The van der Waals surface area contributed by atoms with Gasteiger partial charge in [0.2, 0.25) is 10.0 Å². The Kier molecular flexibility index (Phi) is 8.19. The molecule has 0 saturated heterocycles. The number of carbonyl (C=O) groups excluding carboxylic acids is 1. The third kappa shape index (κ3) is 6.43. The van der Waals surface area contributed by atoms with Crippen molar-refractivity contribution in [2.75, 3.05) is 36.6 Å². The molecule has 0 saturated carbocycles. The standard InChI is InChI=1S/C20H25ClN2O6S/c1-5-9-29-19-15(21)10-13(11-18(19)28-6-2)20(24)22-14-7-8-16(17(12-14)27-3)23-30(4,25)26/h7-8,10-12,23H,5-6,9H2,1-4H3,(H,22,24). The maximum atomic E-state index is 12.7. The maximum absolute atomic E-state index is 12.7. The lowest BCUT2D eigenvalue weighted by atomic mass is 10.1. The number of nitrogens with one attached hydrogen (secondary N) is 2. The summed E-state index contributed by atoms with van der Waals surface area (Å²) in [5.41, 5.74) is 0.956. The minimum atomic E-state index is -3.47. The number of anilines is 2. The molecule has 0 spiro atoms. The Morgan fingerprint density at radius 1 is 1.10 bits per heavy atom. The summed E-state index contributed by atoms with van der Waals surface area (Å²) in [7, 11) is -2.07. The van der Waals surface area contributed by atoms with Crippen molar-refractivity contribution in [2.45, 2.75) is 20.3 Å². The number of ether oxygens (including phenoxy) is 3. The molecule has 0 unspecified atom stereocenters. The summed E-state index contributed by atoms with van der Waals surface area (Å²) >= 11 is 6.31. The van der Waals surface area contributed by atoms with Gasteiger partial charge in [-0.2, -0.15) is 0 Å². The Balaban J connectivity index is 2.28. The van der Waals surface area contributed by atoms with Crippen molar-refractivity contribution in [3.05, 3.63) is 40.9 Å². The van der Waals surface area contributed by atoms with Crippen LogP contribution >= 0.6 is 11.6 Å². The zero-order chi connectivity index (χ0) is 22.3. The van der Waals surface area contributed by atoms with Gasteiger partial charge in [-0.1, -0.05) is 18.5 Å². The molecule has 2 rings (SSSR count). The number of halogens is 1. The lowest BCUT2D eigenvalue weighted by Crippen LogP contribution is -2.14. The van der Waals surface area contributed by atoms with Gasteiger partial charge in [-0.25, -0.2) is 8.42 Å². The summed E-state index contributed by atoms with van der Waals surface area (Å²) in [5.74, 6) is 0.615. The molecule has 0 fully saturated rings. The number of rotatable bonds is 10. The SMILES string of the molecule is CCCOc1c(Cl)cc(C(=O)Nc2ccc(NS(C)(=O)=O)c(OC)c2)cc1OCC. The third-order valence-corrected chi connectivity index (χ3v) is 4.65. The number of hydrogen-bond acceptors (Lipinski definition) is 6. The minimum Gasteiger partial charge on any atom is -0.494 e. The van der Waals surface area contributed by atoms with E-state index in [0.717, 1.165) is 12.7 Å². The van der Waals surface area contributed by atoms with E-state index in [0.29, 0.717) is 30.4 Å². The van der Waals surface area contributed by atoms with E-state index in [-0.39, 0.29) is 22.0 Å². The molecule has 0 aliphatic carbocycles. The molecule has 1 amide bonds. The van der Waals surface area contributed by atoms with E-state index >= 15 is 0 Å². The molecule has 0 heterocycles. The minimum absolute atomic E-state index is 0.259. The summed E-state index contributed by atoms with van der Waals surface area (Å²) in [5, 5.41) is 3.00. The number of sulfonamides is 1. The first kappa shape index (κ1) is 23.6. The maximum Gasteiger partial charge on any atom is 0.255 e. The van der Waals surface area contributed by atoms with E-state index in [1.807, 2.05) is 13.8 Å². The molecule has 0 aliphatic rings. The van der Waals surface area contributed by atoms with Gasteiger partial charge in [0.05, 0.1) is 37.3 Å². The largest absolute Gasteiger partial charge is 0.494 e. The number of hydrogen-bond donors (Lipinski definition) is 2. The van der Waals surface area contributed by atoms with Gasteiger partial charge in [-0.15, -0.1) is 0 Å². The van der Waals surface area contributed by atoms with Gasteiger partial charge in [-0.3, -0.25) is 9.52 Å². The fraction of sp³-hybridized carbons (Fsp3) is 0.350. The molecule has 2 N–H and O–H groups in total. The van der Waals surface area contributed by atoms with Gasteiger partial charge < -0.3 is 19.5 Å². The summed E-state index contributed by atoms with van der Waals surface area (Å²) in [6.07, 6.45) is 1.84. The highest BCUT2D eigenvalue weighted by Crippen LogP contribution is 2.37. The van der Waals surface area contributed by atoms with Crippen LogP contribution in [0.2, 0.25) is 5.02 Å². The Labute approximate surface area is 181 Å². The topological polar surface area (TPSA) is 103 Å². The highest BCUT2D eigenvalue weighted by atomic mass is 35.5. The summed E-state index contributed by atoms with van der Waals surface area (Å²) in [6, 6.07) is 7.62. The van der Waals surface area contributed by atoms with Gasteiger partial charge in [0.25, 0.3) is 5.91 Å². The van der Waals surface area contributed by atoms with Crippen molar-refractivity contribution in [1.82, 2.24) is 0 Å². The van der Waals surface area contributed by atoms with E-state index in [9.17, 15) is 13.2 Å². The van der Waals surface area contributed by atoms with Gasteiger partial charge in [0.15, 0.2) is 11.5 Å². The lowest BCUT2D eigenvalue weighted by molar-refractivity contribution is 0.102. The molecule has 164 valence electrons. The van der Waals surface area contributed by atoms with Crippen LogP contribution in [0.3, 0.4) is 0 Å². The molecule has 2 aromatic carbocycles. The average Bonchev–Trinajstić information content (AvgIpc) is 2.67. The monoisotopic (exact) mass is 456 g/mol. The van der Waals surface area contributed by atoms with Crippen LogP contribution in [-0.4, -0.2) is 40.9 Å². The van der Waals surface area contributed by atoms with Crippen LogP contribution in [-0.2, 0) is 10.0 Å². The van der Waals surface area contributed by atoms with Crippen molar-refractivity contribution in [1.29, 1.82) is 0 Å². The summed E-state index contributed by atoms with van der Waals surface area (Å²) in [6.45, 7) is 4.65. The predicted molar refractivity (Wildman–Crippen MR) is 118 cm³/mol. The molecule has 10 heteroatoms. The Morgan fingerprint density at radius 3 is 2.43 bits per heavy atom. The zero-order valence-electron chi connectivity index (χ0n) is 17.2. The Morgan fingerprint density at radius 2 is 1.83 bits per heavy atom. The highest BCUT2D eigenvalue weighted by Gasteiger charge is 2.17. The van der Waals surface area contributed by atoms with E-state index in [1.54, 1.807) is 12.1 Å². The Hall–Kier alpha value is -2.65. The summed E-state index contributed by atoms with van der Waals surface area (Å²) < 4.78 is 41.7. The second-order valence-electron chi connectivity index (χ2n) is 6.31. The quantitative estimate of drug-likeness (QED) is 0.556. The molecule has 0 bridgehead atoms. The lowest BCUT2D eigenvalue weighted by Gasteiger charge is -2.15. The van der Waals surface area contributed by atoms with Crippen LogP contribution in [0.25, 0.3) is 0 Å². The molecular weight excluding hydrogens is 432 g/mol. The van der Waals surface area contributed by atoms with Crippen molar-refractivity contribution in [2.24, 2.45) is 0 Å². The molecular formula is C20H25ClN2O6S. The number of amides is 1. The van der Waals surface area contributed by atoms with E-state index in [2.05, 4.69) is 10.0 Å². The fourth-order valence-electron chi connectivity index (χ4n) is 2.56. The molecule has 0 aromatic heterocycles. The summed E-state index contributed by atoms with van der Waals surface area (Å²) in [4.78, 5) is 12.7. The predicted octanol–water partition coefficient (Wildman–Crippen LogP) is 4.16. The molecule has 8 nitrogen and oxygen atoms in total. The van der Waals surface area contributed by atoms with Gasteiger partial charge in [-0.05, 0) is 37.6 Å². The van der Waals surface area contributed by atoms with Crippen molar-refractivity contribution < 1.29 is 27.4 Å². The van der Waals surface area contributed by atoms with Crippen LogP contribution in [0.15, 0.2) is 30.3 Å². The average molecular weight is 457 g/mol. The first-order chi connectivity index (χ1) is 14.2. The Bertz CT molecular complexity index is 1010. The normalized spacial score (nSPS) is 11.0. The van der Waals surface area contributed by atoms with Gasteiger partial charge in [0.1, 0.15) is 5.75 Å². The van der Waals surface area contributed by atoms with E-state index in [1.165, 1.54) is 25.3 Å². The van der Waals surface area contributed by atoms with Gasteiger partial charge in [0, 0.05) is 17.3 Å². The van der Waals surface area contributed by atoms with Crippen LogP contribution in [0, 0.1) is 0 Å². The van der Waals surface area contributed by atoms with Crippen LogP contribution in [0.5, 0.6) is 17.2 Å². The van der Waals surface area contributed by atoms with E-state index in [4.69, 9.17) is 25.8 Å². The number of methoxy groups -OCH3 is 1. The van der Waals surface area contributed by atoms with Crippen molar-refractivity contribution in [3.8, 4) is 17.2 Å². The first-order valence-corrected chi connectivity index (χ1v) is 11.5. The van der Waals surface area contributed by atoms with E-state index < -0.39 is 15.9 Å². The molecule has 0 radical (unpaired) electrons. The molecule has 2 aromatic rings. The fourth-order valence-corrected chi connectivity index (χ4v) is 3.40. The zero-order valence-corrected chi connectivity index (χ0v) is 18.8. The molecule has 30 heavy (non-hydrogen) atoms. The van der Waals surface area contributed by atoms with Crippen molar-refractivity contribution >= 4 is 38.9 Å². The smallest absolute Gasteiger partial charge is 0.255 e.